The first-order chi connectivity index (χ1) is 10.00. The minimum atomic E-state index is -3.61. The Kier molecular flexibility index (Phi) is 3.54. The van der Waals surface area contributed by atoms with E-state index in [2.05, 4.69) is 15.2 Å². The smallest absolute Gasteiger partial charge is 0.262 e. The van der Waals surface area contributed by atoms with Crippen LogP contribution in [0.3, 0.4) is 0 Å². The maximum atomic E-state index is 12.8. The summed E-state index contributed by atoms with van der Waals surface area (Å²) in [5.41, 5.74) is 0. The van der Waals surface area contributed by atoms with Crippen LogP contribution in [0.4, 0.5) is 0 Å². The molecule has 0 radical (unpaired) electrons. The summed E-state index contributed by atoms with van der Waals surface area (Å²) in [7, 11) is -0.0317. The lowest BCUT2D eigenvalue weighted by Crippen LogP contribution is -2.39. The summed E-state index contributed by atoms with van der Waals surface area (Å²) >= 11 is 0. The molecule has 0 aliphatic carbocycles. The molecule has 2 aromatic rings. The van der Waals surface area contributed by atoms with E-state index in [0.29, 0.717) is 12.4 Å². The van der Waals surface area contributed by atoms with Crippen LogP contribution in [0.15, 0.2) is 23.9 Å². The highest BCUT2D eigenvalue weighted by Crippen LogP contribution is 2.33. The summed E-state index contributed by atoms with van der Waals surface area (Å²) in [6.45, 7) is 0.483. The van der Waals surface area contributed by atoms with Gasteiger partial charge in [-0.3, -0.25) is 0 Å². The van der Waals surface area contributed by atoms with Gasteiger partial charge in [-0.15, -0.1) is 10.2 Å². The molecule has 8 nitrogen and oxygen atoms in total. The molecule has 1 aliphatic rings. The first-order valence-electron chi connectivity index (χ1n) is 6.84. The van der Waals surface area contributed by atoms with E-state index in [4.69, 9.17) is 0 Å². The Balaban J connectivity index is 2.00. The van der Waals surface area contributed by atoms with Crippen molar-refractivity contribution in [1.82, 2.24) is 28.6 Å². The molecule has 9 heteroatoms. The summed E-state index contributed by atoms with van der Waals surface area (Å²) in [5.74, 6) is 0.675. The third kappa shape index (κ3) is 2.46. The molecule has 1 atom stereocenters. The van der Waals surface area contributed by atoms with Crippen molar-refractivity contribution >= 4 is 10.0 Å². The van der Waals surface area contributed by atoms with E-state index in [1.165, 1.54) is 16.8 Å². The van der Waals surface area contributed by atoms with Gasteiger partial charge < -0.3 is 9.13 Å². The van der Waals surface area contributed by atoms with E-state index in [-0.39, 0.29) is 11.1 Å². The molecule has 0 aromatic carbocycles. The minimum Gasteiger partial charge on any atom is -0.339 e. The van der Waals surface area contributed by atoms with E-state index < -0.39 is 10.0 Å². The molecule has 0 bridgehead atoms. The molecule has 1 fully saturated rings. The highest BCUT2D eigenvalue weighted by molar-refractivity contribution is 7.89. The third-order valence-corrected chi connectivity index (χ3v) is 5.55. The van der Waals surface area contributed by atoms with Gasteiger partial charge in [0.15, 0.2) is 10.9 Å². The number of aryl methyl sites for hydroxylation is 2. The molecular formula is C12H18N6O2S. The average Bonchev–Trinajstić information content (AvgIpc) is 3.08. The van der Waals surface area contributed by atoms with Crippen molar-refractivity contribution < 1.29 is 8.42 Å². The zero-order valence-corrected chi connectivity index (χ0v) is 12.9. The molecule has 0 saturated carbocycles. The van der Waals surface area contributed by atoms with Gasteiger partial charge in [0.2, 0.25) is 0 Å². The SMILES string of the molecule is Cn1cnc(S(=O)(=O)N2CCCCC2c2nncn2C)c1. The lowest BCUT2D eigenvalue weighted by molar-refractivity contribution is 0.242. The largest absolute Gasteiger partial charge is 0.339 e. The van der Waals surface area contributed by atoms with Crippen LogP contribution in [-0.4, -0.2) is 43.6 Å². The normalized spacial score (nSPS) is 20.8. The van der Waals surface area contributed by atoms with E-state index >= 15 is 0 Å². The van der Waals surface area contributed by atoms with E-state index in [1.807, 2.05) is 7.05 Å². The molecule has 0 spiro atoms. The van der Waals surface area contributed by atoms with Crippen molar-refractivity contribution in [3.63, 3.8) is 0 Å². The van der Waals surface area contributed by atoms with Crippen LogP contribution in [-0.2, 0) is 24.1 Å². The standard InChI is InChI=1S/C12H18N6O2S/c1-16-7-11(13-8-16)21(19,20)18-6-4-3-5-10(18)12-15-14-9-17(12)2/h7-10H,3-6H2,1-2H3. The molecule has 3 heterocycles. The number of sulfonamides is 1. The van der Waals surface area contributed by atoms with Crippen LogP contribution in [0.5, 0.6) is 0 Å². The fourth-order valence-electron chi connectivity index (χ4n) is 2.69. The fourth-order valence-corrected chi connectivity index (χ4v) is 4.31. The molecule has 2 aromatic heterocycles. The predicted octanol–water partition coefficient (Wildman–Crippen LogP) is 0.464. The number of hydrogen-bond acceptors (Lipinski definition) is 5. The summed E-state index contributed by atoms with van der Waals surface area (Å²) in [6, 6.07) is -0.279. The van der Waals surface area contributed by atoms with Crippen molar-refractivity contribution in [3.05, 3.63) is 24.7 Å². The minimum absolute atomic E-state index is 0.0825. The summed E-state index contributed by atoms with van der Waals surface area (Å²) in [4.78, 5) is 3.99. The van der Waals surface area contributed by atoms with Crippen molar-refractivity contribution in [2.24, 2.45) is 14.1 Å². The maximum absolute atomic E-state index is 12.8. The van der Waals surface area contributed by atoms with Crippen LogP contribution in [0.2, 0.25) is 0 Å². The second-order valence-corrected chi connectivity index (χ2v) is 7.14. The highest BCUT2D eigenvalue weighted by Gasteiger charge is 2.37. The van der Waals surface area contributed by atoms with Gasteiger partial charge in [0, 0.05) is 26.8 Å². The Morgan fingerprint density at radius 2 is 2.05 bits per heavy atom. The second-order valence-electron chi connectivity index (χ2n) is 5.30. The topological polar surface area (TPSA) is 85.9 Å². The monoisotopic (exact) mass is 310 g/mol. The Hall–Kier alpha value is -1.74. The predicted molar refractivity (Wildman–Crippen MR) is 74.7 cm³/mol. The lowest BCUT2D eigenvalue weighted by Gasteiger charge is -2.33. The molecular weight excluding hydrogens is 292 g/mol. The Bertz CT molecular complexity index is 735. The van der Waals surface area contributed by atoms with Crippen molar-refractivity contribution in [1.29, 1.82) is 0 Å². The Morgan fingerprint density at radius 3 is 2.67 bits per heavy atom. The summed E-state index contributed by atoms with van der Waals surface area (Å²) in [6.07, 6.45) is 7.19. The number of imidazole rings is 1. The zero-order valence-electron chi connectivity index (χ0n) is 12.0. The van der Waals surface area contributed by atoms with Crippen LogP contribution in [0.25, 0.3) is 0 Å². The molecule has 3 rings (SSSR count). The number of aromatic nitrogens is 5. The van der Waals surface area contributed by atoms with E-state index in [1.54, 1.807) is 22.5 Å². The first-order valence-corrected chi connectivity index (χ1v) is 8.28. The van der Waals surface area contributed by atoms with Crippen molar-refractivity contribution in [3.8, 4) is 0 Å². The van der Waals surface area contributed by atoms with Gasteiger partial charge in [0.05, 0.1) is 12.4 Å². The van der Waals surface area contributed by atoms with Gasteiger partial charge in [0.25, 0.3) is 10.0 Å². The molecule has 1 saturated heterocycles. The van der Waals surface area contributed by atoms with E-state index in [9.17, 15) is 8.42 Å². The van der Waals surface area contributed by atoms with Gasteiger partial charge in [-0.25, -0.2) is 13.4 Å². The Morgan fingerprint density at radius 1 is 1.24 bits per heavy atom. The molecule has 21 heavy (non-hydrogen) atoms. The number of hydrogen-bond donors (Lipinski definition) is 0. The number of piperidine rings is 1. The van der Waals surface area contributed by atoms with Crippen molar-refractivity contribution in [2.75, 3.05) is 6.54 Å². The molecule has 1 aliphatic heterocycles. The molecule has 0 amide bonds. The number of nitrogens with zero attached hydrogens (tertiary/aromatic N) is 6. The van der Waals surface area contributed by atoms with Crippen LogP contribution in [0, 0.1) is 0 Å². The maximum Gasteiger partial charge on any atom is 0.262 e. The molecule has 0 N–H and O–H groups in total. The van der Waals surface area contributed by atoms with Gasteiger partial charge in [-0.2, -0.15) is 4.31 Å². The quantitative estimate of drug-likeness (QED) is 0.822. The van der Waals surface area contributed by atoms with Crippen LogP contribution in [0.1, 0.15) is 31.1 Å². The van der Waals surface area contributed by atoms with Crippen LogP contribution < -0.4 is 0 Å². The molecule has 114 valence electrons. The van der Waals surface area contributed by atoms with Crippen LogP contribution >= 0.6 is 0 Å². The van der Waals surface area contributed by atoms with Gasteiger partial charge in [0.1, 0.15) is 6.33 Å². The third-order valence-electron chi connectivity index (χ3n) is 3.75. The summed E-state index contributed by atoms with van der Waals surface area (Å²) in [5, 5.41) is 8.03. The second kappa shape index (κ2) is 5.23. The summed E-state index contributed by atoms with van der Waals surface area (Å²) < 4.78 is 30.5. The zero-order chi connectivity index (χ0) is 15.0. The lowest BCUT2D eigenvalue weighted by atomic mass is 10.0. The van der Waals surface area contributed by atoms with Gasteiger partial charge in [-0.05, 0) is 12.8 Å². The fraction of sp³-hybridized carbons (Fsp3) is 0.583. The Labute approximate surface area is 123 Å². The number of rotatable bonds is 3. The average molecular weight is 310 g/mol. The van der Waals surface area contributed by atoms with Crippen molar-refractivity contribution in [2.45, 2.75) is 30.3 Å². The highest BCUT2D eigenvalue weighted by atomic mass is 32.2. The van der Waals surface area contributed by atoms with Gasteiger partial charge >= 0.3 is 0 Å². The first kappa shape index (κ1) is 14.2. The van der Waals surface area contributed by atoms with E-state index in [0.717, 1.165) is 19.3 Å². The molecule has 1 unspecified atom stereocenters. The van der Waals surface area contributed by atoms with Gasteiger partial charge in [-0.1, -0.05) is 6.42 Å².